The maximum Gasteiger partial charge on any atom is 0.259 e. The Morgan fingerprint density at radius 2 is 2.20 bits per heavy atom. The maximum atomic E-state index is 12.5. The Bertz CT molecular complexity index is 812. The number of amides is 1. The van der Waals surface area contributed by atoms with Crippen LogP contribution < -0.4 is 10.9 Å². The van der Waals surface area contributed by atoms with E-state index in [-0.39, 0.29) is 17.5 Å². The summed E-state index contributed by atoms with van der Waals surface area (Å²) in [5.74, 6) is 1.64. The Morgan fingerprint density at radius 3 is 3.00 bits per heavy atom. The molecule has 0 bridgehead atoms. The van der Waals surface area contributed by atoms with Crippen molar-refractivity contribution in [2.24, 2.45) is 0 Å². The number of carbonyl (C=O) groups is 1. The summed E-state index contributed by atoms with van der Waals surface area (Å²) in [5.41, 5.74) is 1.18. The zero-order valence-electron chi connectivity index (χ0n) is 14.8. The molecule has 0 spiro atoms. The number of nitrogens with one attached hydrogen (secondary N) is 2. The van der Waals surface area contributed by atoms with E-state index in [1.807, 2.05) is 6.92 Å². The lowest BCUT2D eigenvalue weighted by Crippen LogP contribution is -2.33. The average molecular weight is 380 g/mol. The van der Waals surface area contributed by atoms with Gasteiger partial charge in [0.05, 0.1) is 16.9 Å². The van der Waals surface area contributed by atoms with Gasteiger partial charge in [-0.05, 0) is 44.6 Å². The number of hydrogen-bond acceptors (Lipinski definition) is 5. The number of nitrogens with zero attached hydrogens (tertiary/aromatic N) is 1. The van der Waals surface area contributed by atoms with Gasteiger partial charge in [0, 0.05) is 10.9 Å². The van der Waals surface area contributed by atoms with Gasteiger partial charge in [-0.25, -0.2) is 4.98 Å². The minimum Gasteiger partial charge on any atom is -0.353 e. The first-order chi connectivity index (χ1) is 12.1. The Morgan fingerprint density at radius 1 is 1.40 bits per heavy atom. The molecule has 1 aliphatic carbocycles. The van der Waals surface area contributed by atoms with E-state index in [0.29, 0.717) is 17.3 Å². The van der Waals surface area contributed by atoms with Crippen LogP contribution in [0.4, 0.5) is 0 Å². The minimum atomic E-state index is -0.0268. The molecule has 2 N–H and O–H groups in total. The van der Waals surface area contributed by atoms with Crippen molar-refractivity contribution in [3.63, 3.8) is 0 Å². The second kappa shape index (κ2) is 8.36. The smallest absolute Gasteiger partial charge is 0.259 e. The lowest BCUT2D eigenvalue weighted by molar-refractivity contribution is -0.119. The van der Waals surface area contributed by atoms with Crippen molar-refractivity contribution in [3.8, 4) is 0 Å². The quantitative estimate of drug-likeness (QED) is 0.773. The molecule has 25 heavy (non-hydrogen) atoms. The number of hydrogen-bond donors (Lipinski definition) is 2. The molecule has 0 saturated heterocycles. The van der Waals surface area contributed by atoms with Crippen LogP contribution in [0, 0.1) is 0 Å². The van der Waals surface area contributed by atoms with Crippen molar-refractivity contribution in [3.05, 3.63) is 26.6 Å². The van der Waals surface area contributed by atoms with Gasteiger partial charge in [0.15, 0.2) is 0 Å². The van der Waals surface area contributed by atoms with E-state index >= 15 is 0 Å². The third kappa shape index (κ3) is 4.44. The molecule has 2 aromatic heterocycles. The van der Waals surface area contributed by atoms with Gasteiger partial charge in [-0.2, -0.15) is 0 Å². The van der Waals surface area contributed by atoms with Crippen LogP contribution in [0.3, 0.4) is 0 Å². The molecule has 1 amide bonds. The molecule has 1 aliphatic rings. The van der Waals surface area contributed by atoms with Gasteiger partial charge in [0.25, 0.3) is 5.56 Å². The van der Waals surface area contributed by atoms with Gasteiger partial charge in [-0.15, -0.1) is 23.1 Å². The summed E-state index contributed by atoms with van der Waals surface area (Å²) < 4.78 is 0. The molecule has 2 heterocycles. The molecule has 2 aromatic rings. The standard InChI is InChI=1S/C18H25N3O2S2/c1-3-6-11(2)19-15(22)10-24-9-14-20-17(23)16-12-7-4-5-8-13(12)25-18(16)21-14/h11H,3-10H2,1-2H3,(H,19,22)(H,20,21,23). The van der Waals surface area contributed by atoms with Crippen LogP contribution in [0.2, 0.25) is 0 Å². The summed E-state index contributed by atoms with van der Waals surface area (Å²) in [4.78, 5) is 34.1. The molecule has 3 rings (SSSR count). The molecular weight excluding hydrogens is 354 g/mol. The van der Waals surface area contributed by atoms with Gasteiger partial charge < -0.3 is 10.3 Å². The number of thioether (sulfide) groups is 1. The second-order valence-electron chi connectivity index (χ2n) is 6.65. The number of H-pyrrole nitrogens is 1. The lowest BCUT2D eigenvalue weighted by atomic mass is 9.97. The van der Waals surface area contributed by atoms with Crippen LogP contribution >= 0.6 is 23.1 Å². The van der Waals surface area contributed by atoms with Crippen LogP contribution in [-0.2, 0) is 23.4 Å². The maximum absolute atomic E-state index is 12.5. The van der Waals surface area contributed by atoms with Crippen molar-refractivity contribution >= 4 is 39.2 Å². The van der Waals surface area contributed by atoms with Crippen molar-refractivity contribution < 1.29 is 4.79 Å². The Hall–Kier alpha value is -1.34. The van der Waals surface area contributed by atoms with E-state index in [1.165, 1.54) is 28.6 Å². The summed E-state index contributed by atoms with van der Waals surface area (Å²) in [6.07, 6.45) is 6.46. The fourth-order valence-electron chi connectivity index (χ4n) is 3.34. The molecule has 5 nitrogen and oxygen atoms in total. The lowest BCUT2D eigenvalue weighted by Gasteiger charge is -2.12. The van der Waals surface area contributed by atoms with Crippen LogP contribution in [0.25, 0.3) is 10.2 Å². The Kier molecular flexibility index (Phi) is 6.17. The highest BCUT2D eigenvalue weighted by molar-refractivity contribution is 7.99. The average Bonchev–Trinajstić information content (AvgIpc) is 2.93. The topological polar surface area (TPSA) is 74.8 Å². The van der Waals surface area contributed by atoms with Crippen LogP contribution in [0.15, 0.2) is 4.79 Å². The van der Waals surface area contributed by atoms with Crippen molar-refractivity contribution in [2.45, 2.75) is 64.2 Å². The Labute approximate surface area is 156 Å². The normalized spacial score (nSPS) is 15.1. The number of aromatic amines is 1. The number of fused-ring (bicyclic) bond motifs is 3. The third-order valence-electron chi connectivity index (χ3n) is 4.48. The minimum absolute atomic E-state index is 0.0268. The fraction of sp³-hybridized carbons (Fsp3) is 0.611. The number of rotatable bonds is 7. The highest BCUT2D eigenvalue weighted by Crippen LogP contribution is 2.33. The zero-order valence-corrected chi connectivity index (χ0v) is 16.4. The van der Waals surface area contributed by atoms with Crippen molar-refractivity contribution in [1.82, 2.24) is 15.3 Å². The zero-order chi connectivity index (χ0) is 17.8. The highest BCUT2D eigenvalue weighted by Gasteiger charge is 2.19. The molecule has 1 atom stereocenters. The molecule has 1 unspecified atom stereocenters. The first kappa shape index (κ1) is 18.5. The molecule has 0 fully saturated rings. The predicted molar refractivity (Wildman–Crippen MR) is 106 cm³/mol. The first-order valence-corrected chi connectivity index (χ1v) is 11.0. The number of thiophene rings is 1. The summed E-state index contributed by atoms with van der Waals surface area (Å²) in [6, 6.07) is 0.213. The van der Waals surface area contributed by atoms with E-state index in [9.17, 15) is 9.59 Å². The van der Waals surface area contributed by atoms with E-state index < -0.39 is 0 Å². The van der Waals surface area contributed by atoms with Crippen molar-refractivity contribution in [1.29, 1.82) is 0 Å². The molecular formula is C18H25N3O2S2. The van der Waals surface area contributed by atoms with E-state index in [2.05, 4.69) is 22.2 Å². The molecule has 0 aromatic carbocycles. The fourth-order valence-corrected chi connectivity index (χ4v) is 5.32. The third-order valence-corrected chi connectivity index (χ3v) is 6.60. The SMILES string of the molecule is CCCC(C)NC(=O)CSCc1nc2sc3c(c2c(=O)[nH]1)CCCC3. The summed E-state index contributed by atoms with van der Waals surface area (Å²) in [5, 5.41) is 3.78. The van der Waals surface area contributed by atoms with E-state index in [4.69, 9.17) is 0 Å². The Balaban J connectivity index is 1.63. The molecule has 0 radical (unpaired) electrons. The van der Waals surface area contributed by atoms with Gasteiger partial charge >= 0.3 is 0 Å². The van der Waals surface area contributed by atoms with E-state index in [1.54, 1.807) is 11.3 Å². The van der Waals surface area contributed by atoms with Crippen LogP contribution in [-0.4, -0.2) is 27.7 Å². The monoisotopic (exact) mass is 379 g/mol. The molecule has 136 valence electrons. The number of aryl methyl sites for hydroxylation is 2. The molecule has 0 saturated carbocycles. The van der Waals surface area contributed by atoms with Gasteiger partial charge in [-0.1, -0.05) is 13.3 Å². The van der Waals surface area contributed by atoms with E-state index in [0.717, 1.165) is 42.3 Å². The van der Waals surface area contributed by atoms with Gasteiger partial charge in [-0.3, -0.25) is 9.59 Å². The molecule has 0 aliphatic heterocycles. The molecule has 7 heteroatoms. The highest BCUT2D eigenvalue weighted by atomic mass is 32.2. The summed E-state index contributed by atoms with van der Waals surface area (Å²) >= 11 is 3.15. The largest absolute Gasteiger partial charge is 0.353 e. The predicted octanol–water partition coefficient (Wildman–Crippen LogP) is 3.40. The number of aromatic nitrogens is 2. The van der Waals surface area contributed by atoms with Crippen molar-refractivity contribution in [2.75, 3.05) is 5.75 Å². The summed E-state index contributed by atoms with van der Waals surface area (Å²) in [6.45, 7) is 4.13. The number of carbonyl (C=O) groups excluding carboxylic acids is 1. The first-order valence-electron chi connectivity index (χ1n) is 8.99. The van der Waals surface area contributed by atoms with Gasteiger partial charge in [0.1, 0.15) is 10.7 Å². The van der Waals surface area contributed by atoms with Gasteiger partial charge in [0.2, 0.25) is 5.91 Å². The second-order valence-corrected chi connectivity index (χ2v) is 8.72. The van der Waals surface area contributed by atoms with Crippen LogP contribution in [0.5, 0.6) is 0 Å². The summed E-state index contributed by atoms with van der Waals surface area (Å²) in [7, 11) is 0. The van der Waals surface area contributed by atoms with Crippen LogP contribution in [0.1, 0.15) is 55.8 Å².